The van der Waals surface area contributed by atoms with Gasteiger partial charge in [-0.2, -0.15) is 13.2 Å². The van der Waals surface area contributed by atoms with Gasteiger partial charge in [-0.3, -0.25) is 9.59 Å². The fraction of sp³-hybridized carbons (Fsp3) is 0.304. The third-order valence-electron chi connectivity index (χ3n) is 5.56. The SMILES string of the molecule is O=C(CCc1nnc(-c2cccc(C(F)(F)F)c2)[nH]c1=O)N1CCN(c2ccccc2)CC1. The van der Waals surface area contributed by atoms with Crippen molar-refractivity contribution in [1.29, 1.82) is 0 Å². The Bertz CT molecular complexity index is 1170. The molecule has 33 heavy (non-hydrogen) atoms. The molecule has 0 saturated carbocycles. The lowest BCUT2D eigenvalue weighted by molar-refractivity contribution is -0.137. The van der Waals surface area contributed by atoms with Crippen LogP contribution in [0.4, 0.5) is 18.9 Å². The van der Waals surface area contributed by atoms with Crippen molar-refractivity contribution < 1.29 is 18.0 Å². The van der Waals surface area contributed by atoms with Crippen LogP contribution in [0.3, 0.4) is 0 Å². The summed E-state index contributed by atoms with van der Waals surface area (Å²) in [4.78, 5) is 31.4. The molecule has 2 heterocycles. The molecule has 0 atom stereocenters. The van der Waals surface area contributed by atoms with Crippen LogP contribution in [-0.2, 0) is 17.4 Å². The molecule has 0 bridgehead atoms. The summed E-state index contributed by atoms with van der Waals surface area (Å²) in [6.45, 7) is 2.62. The highest BCUT2D eigenvalue weighted by Gasteiger charge is 2.30. The van der Waals surface area contributed by atoms with Crippen LogP contribution >= 0.6 is 0 Å². The van der Waals surface area contributed by atoms with Crippen LogP contribution in [0.5, 0.6) is 0 Å². The van der Waals surface area contributed by atoms with Crippen LogP contribution in [-0.4, -0.2) is 52.2 Å². The minimum Gasteiger partial charge on any atom is -0.368 e. The number of aromatic nitrogens is 3. The zero-order chi connectivity index (χ0) is 23.4. The number of anilines is 1. The number of aromatic amines is 1. The molecule has 10 heteroatoms. The zero-order valence-corrected chi connectivity index (χ0v) is 17.7. The second-order valence-electron chi connectivity index (χ2n) is 7.73. The smallest absolute Gasteiger partial charge is 0.368 e. The van der Waals surface area contributed by atoms with Gasteiger partial charge < -0.3 is 14.8 Å². The molecule has 1 aliphatic rings. The molecule has 0 aliphatic carbocycles. The molecule has 1 fully saturated rings. The third-order valence-corrected chi connectivity index (χ3v) is 5.56. The highest BCUT2D eigenvalue weighted by atomic mass is 19.4. The van der Waals surface area contributed by atoms with Crippen LogP contribution in [0, 0.1) is 0 Å². The number of nitrogens with one attached hydrogen (secondary N) is 1. The predicted molar refractivity (Wildman–Crippen MR) is 117 cm³/mol. The number of alkyl halides is 3. The van der Waals surface area contributed by atoms with Crippen LogP contribution in [0.2, 0.25) is 0 Å². The Labute approximate surface area is 187 Å². The summed E-state index contributed by atoms with van der Waals surface area (Å²) in [6.07, 6.45) is -4.30. The molecule has 4 rings (SSSR count). The highest BCUT2D eigenvalue weighted by molar-refractivity contribution is 5.76. The largest absolute Gasteiger partial charge is 0.416 e. The van der Waals surface area contributed by atoms with Gasteiger partial charge in [0.25, 0.3) is 5.56 Å². The molecular weight excluding hydrogens is 435 g/mol. The van der Waals surface area contributed by atoms with Crippen molar-refractivity contribution in [3.63, 3.8) is 0 Å². The van der Waals surface area contributed by atoms with Gasteiger partial charge in [-0.15, -0.1) is 10.2 Å². The van der Waals surface area contributed by atoms with E-state index in [1.54, 1.807) is 4.90 Å². The Morgan fingerprint density at radius 1 is 0.970 bits per heavy atom. The monoisotopic (exact) mass is 457 g/mol. The van der Waals surface area contributed by atoms with Gasteiger partial charge in [-0.25, -0.2) is 0 Å². The molecule has 0 unspecified atom stereocenters. The van der Waals surface area contributed by atoms with Crippen molar-refractivity contribution >= 4 is 11.6 Å². The molecule has 1 amide bonds. The molecule has 0 spiro atoms. The topological polar surface area (TPSA) is 82.2 Å². The van der Waals surface area contributed by atoms with Crippen molar-refractivity contribution in [2.45, 2.75) is 19.0 Å². The summed E-state index contributed by atoms with van der Waals surface area (Å²) in [5.74, 6) is -0.135. The number of amides is 1. The summed E-state index contributed by atoms with van der Waals surface area (Å²) in [6, 6.07) is 14.5. The molecule has 0 radical (unpaired) electrons. The first-order valence-corrected chi connectivity index (χ1v) is 10.5. The van der Waals surface area contributed by atoms with Crippen molar-refractivity contribution in [2.24, 2.45) is 0 Å². The van der Waals surface area contributed by atoms with Gasteiger partial charge in [-0.1, -0.05) is 30.3 Å². The van der Waals surface area contributed by atoms with Crippen molar-refractivity contribution in [3.8, 4) is 11.4 Å². The number of aryl methyl sites for hydroxylation is 1. The van der Waals surface area contributed by atoms with Gasteiger partial charge >= 0.3 is 6.18 Å². The summed E-state index contributed by atoms with van der Waals surface area (Å²) in [5.41, 5.74) is -0.119. The van der Waals surface area contributed by atoms with Gasteiger partial charge in [0, 0.05) is 50.3 Å². The minimum absolute atomic E-state index is 0.0572. The number of rotatable bonds is 5. The summed E-state index contributed by atoms with van der Waals surface area (Å²) in [7, 11) is 0. The van der Waals surface area contributed by atoms with Gasteiger partial charge in [-0.05, 0) is 24.3 Å². The second kappa shape index (κ2) is 9.43. The Kier molecular flexibility index (Phi) is 6.43. The first-order chi connectivity index (χ1) is 15.8. The Morgan fingerprint density at radius 2 is 1.70 bits per heavy atom. The number of hydrogen-bond acceptors (Lipinski definition) is 5. The maximum atomic E-state index is 12.9. The van der Waals surface area contributed by atoms with Crippen LogP contribution in [0.15, 0.2) is 59.4 Å². The summed E-state index contributed by atoms with van der Waals surface area (Å²) < 4.78 is 38.8. The van der Waals surface area contributed by atoms with E-state index >= 15 is 0 Å². The minimum atomic E-state index is -4.50. The van der Waals surface area contributed by atoms with E-state index in [0.29, 0.717) is 13.1 Å². The fourth-order valence-corrected chi connectivity index (χ4v) is 3.73. The van der Waals surface area contributed by atoms with Crippen LogP contribution in [0.25, 0.3) is 11.4 Å². The quantitative estimate of drug-likeness (QED) is 0.637. The van der Waals surface area contributed by atoms with Crippen molar-refractivity contribution in [3.05, 3.63) is 76.2 Å². The maximum absolute atomic E-state index is 12.9. The lowest BCUT2D eigenvalue weighted by Crippen LogP contribution is -2.48. The Hall–Kier alpha value is -3.69. The first kappa shape index (κ1) is 22.5. The molecule has 172 valence electrons. The van der Waals surface area contributed by atoms with Gasteiger partial charge in [0.2, 0.25) is 5.91 Å². The van der Waals surface area contributed by atoms with E-state index < -0.39 is 17.3 Å². The number of carbonyl (C=O) groups excluding carboxylic acids is 1. The highest BCUT2D eigenvalue weighted by Crippen LogP contribution is 2.31. The number of para-hydroxylation sites is 1. The average Bonchev–Trinajstić information content (AvgIpc) is 2.83. The molecule has 1 aromatic heterocycles. The lowest BCUT2D eigenvalue weighted by Gasteiger charge is -2.36. The number of H-pyrrole nitrogens is 1. The predicted octanol–water partition coefficient (Wildman–Crippen LogP) is 3.13. The molecule has 1 N–H and O–H groups in total. The van der Waals surface area contributed by atoms with Crippen molar-refractivity contribution in [2.75, 3.05) is 31.1 Å². The lowest BCUT2D eigenvalue weighted by atomic mass is 10.1. The van der Waals surface area contributed by atoms with E-state index in [2.05, 4.69) is 20.1 Å². The zero-order valence-electron chi connectivity index (χ0n) is 17.7. The van der Waals surface area contributed by atoms with Crippen molar-refractivity contribution in [1.82, 2.24) is 20.1 Å². The fourth-order valence-electron chi connectivity index (χ4n) is 3.73. The number of carbonyl (C=O) groups is 1. The van der Waals surface area contributed by atoms with E-state index in [4.69, 9.17) is 0 Å². The summed E-state index contributed by atoms with van der Waals surface area (Å²) in [5, 5.41) is 7.72. The Balaban J connectivity index is 1.35. The number of nitrogens with zero attached hydrogens (tertiary/aromatic N) is 4. The third kappa shape index (κ3) is 5.39. The summed E-state index contributed by atoms with van der Waals surface area (Å²) >= 11 is 0. The van der Waals surface area contributed by atoms with E-state index in [-0.39, 0.29) is 35.8 Å². The standard InChI is InChI=1S/C23H22F3N5O2/c24-23(25,26)17-6-4-5-16(15-17)21-27-22(33)19(28-29-21)9-10-20(32)31-13-11-30(12-14-31)18-7-2-1-3-8-18/h1-8,15H,9-14H2,(H,27,29,33). The number of benzene rings is 2. The second-order valence-corrected chi connectivity index (χ2v) is 7.73. The number of halogens is 3. The van der Waals surface area contributed by atoms with Gasteiger partial charge in [0.05, 0.1) is 5.56 Å². The van der Waals surface area contributed by atoms with Crippen LogP contribution in [0.1, 0.15) is 17.7 Å². The molecular formula is C23H22F3N5O2. The maximum Gasteiger partial charge on any atom is 0.416 e. The molecule has 7 nitrogen and oxygen atoms in total. The number of piperazine rings is 1. The Morgan fingerprint density at radius 3 is 2.36 bits per heavy atom. The van der Waals surface area contributed by atoms with E-state index in [9.17, 15) is 22.8 Å². The molecule has 3 aromatic rings. The van der Waals surface area contributed by atoms with Gasteiger partial charge in [0.1, 0.15) is 5.69 Å². The molecule has 1 aliphatic heterocycles. The van der Waals surface area contributed by atoms with E-state index in [1.807, 2.05) is 30.3 Å². The first-order valence-electron chi connectivity index (χ1n) is 10.5. The normalized spacial score (nSPS) is 14.4. The molecule has 1 saturated heterocycles. The van der Waals surface area contributed by atoms with Crippen LogP contribution < -0.4 is 10.5 Å². The van der Waals surface area contributed by atoms with E-state index in [0.717, 1.165) is 30.9 Å². The average molecular weight is 457 g/mol. The number of hydrogen-bond donors (Lipinski definition) is 1. The van der Waals surface area contributed by atoms with Gasteiger partial charge in [0.15, 0.2) is 5.82 Å². The molecule has 2 aromatic carbocycles. The van der Waals surface area contributed by atoms with E-state index in [1.165, 1.54) is 12.1 Å².